The first-order chi connectivity index (χ1) is 18.0. The van der Waals surface area contributed by atoms with Gasteiger partial charge in [-0.2, -0.15) is 0 Å². The number of aliphatic carboxylic acids is 1. The van der Waals surface area contributed by atoms with Crippen LogP contribution in [0.1, 0.15) is 48.8 Å². The number of carboxylic acids is 1. The van der Waals surface area contributed by atoms with Gasteiger partial charge in [-0.25, -0.2) is 0 Å². The van der Waals surface area contributed by atoms with Crippen LogP contribution in [-0.2, 0) is 14.4 Å². The fourth-order valence-corrected chi connectivity index (χ4v) is 5.44. The van der Waals surface area contributed by atoms with Crippen LogP contribution < -0.4 is 14.7 Å². The second kappa shape index (κ2) is 10.4. The predicted octanol–water partition coefficient (Wildman–Crippen LogP) is 4.15. The van der Waals surface area contributed by atoms with Gasteiger partial charge in [0.15, 0.2) is 0 Å². The van der Waals surface area contributed by atoms with Gasteiger partial charge in [-0.3, -0.25) is 14.6 Å². The van der Waals surface area contributed by atoms with Crippen molar-refractivity contribution in [3.8, 4) is 5.75 Å². The van der Waals surface area contributed by atoms with E-state index in [9.17, 15) is 19.5 Å². The van der Waals surface area contributed by atoms with Gasteiger partial charge < -0.3 is 19.5 Å². The van der Waals surface area contributed by atoms with Gasteiger partial charge >= 0.3 is 0 Å². The second-order valence-corrected chi connectivity index (χ2v) is 9.41. The smallest absolute Gasteiger partial charge is 0.228 e. The van der Waals surface area contributed by atoms with E-state index in [4.69, 9.17) is 9.73 Å². The molecule has 1 heterocycles. The van der Waals surface area contributed by atoms with Crippen molar-refractivity contribution >= 4 is 34.7 Å². The molecule has 3 aromatic carbocycles. The Morgan fingerprint density at radius 1 is 0.946 bits per heavy atom. The van der Waals surface area contributed by atoms with Crippen LogP contribution in [0.5, 0.6) is 5.75 Å². The van der Waals surface area contributed by atoms with Crippen molar-refractivity contribution < 1.29 is 24.2 Å². The van der Waals surface area contributed by atoms with E-state index in [0.717, 1.165) is 16.8 Å². The zero-order valence-corrected chi connectivity index (χ0v) is 20.5. The number of ketones is 1. The molecule has 37 heavy (non-hydrogen) atoms. The van der Waals surface area contributed by atoms with E-state index in [0.29, 0.717) is 30.0 Å². The molecule has 0 spiro atoms. The van der Waals surface area contributed by atoms with Crippen LogP contribution in [0, 0.1) is 5.92 Å². The molecule has 7 heteroatoms. The van der Waals surface area contributed by atoms with E-state index >= 15 is 0 Å². The summed E-state index contributed by atoms with van der Waals surface area (Å²) in [5.41, 5.74) is 3.65. The minimum absolute atomic E-state index is 0.00261. The summed E-state index contributed by atoms with van der Waals surface area (Å²) in [6.07, 6.45) is 0.243. The Bertz CT molecular complexity index is 1370. The number of ether oxygens (including phenoxy) is 1. The zero-order chi connectivity index (χ0) is 25.9. The average molecular weight is 496 g/mol. The van der Waals surface area contributed by atoms with E-state index in [2.05, 4.69) is 0 Å². The Hall–Kier alpha value is -4.26. The number of nitrogens with zero attached hydrogens (tertiary/aromatic N) is 2. The number of Topliss-reactive ketones (excluding diaryl/α,β-unsaturated/α-hetero) is 1. The molecular weight excluding hydrogens is 468 g/mol. The van der Waals surface area contributed by atoms with Gasteiger partial charge in [-0.15, -0.1) is 0 Å². The summed E-state index contributed by atoms with van der Waals surface area (Å²) in [6, 6.07) is 23.8. The van der Waals surface area contributed by atoms with Crippen molar-refractivity contribution in [3.05, 3.63) is 90.0 Å². The SMILES string of the molecule is COc1cccc([C@@H]2[C@H]3C(=O)C[C@@H](c4ccccc4)CC3=Nc3ccccc3N2C(=O)CCC(=O)[O-])c1. The van der Waals surface area contributed by atoms with Crippen LogP contribution in [-0.4, -0.2) is 30.5 Å². The lowest BCUT2D eigenvalue weighted by molar-refractivity contribution is -0.305. The fraction of sp³-hybridized carbons (Fsp3) is 0.267. The van der Waals surface area contributed by atoms with E-state index in [1.165, 1.54) is 0 Å². The molecule has 1 fully saturated rings. The van der Waals surface area contributed by atoms with Gasteiger partial charge in [-0.1, -0.05) is 54.6 Å². The highest BCUT2D eigenvalue weighted by Gasteiger charge is 2.46. The summed E-state index contributed by atoms with van der Waals surface area (Å²) in [6.45, 7) is 0. The van der Waals surface area contributed by atoms with Gasteiger partial charge in [0.25, 0.3) is 0 Å². The molecule has 0 unspecified atom stereocenters. The standard InChI is InChI=1S/C30H28N2O5/c1-37-22-11-7-10-20(16-22)30-29-24(17-21(18-26(29)33)19-8-3-2-4-9-19)31-23-12-5-6-13-25(23)32(30)27(34)14-15-28(35)36/h2-13,16,21,29-30H,14-15,17-18H2,1H3,(H,35,36)/p-1/t21-,29+,30+/m0/s1. The van der Waals surface area contributed by atoms with Crippen molar-refractivity contribution in [1.82, 2.24) is 0 Å². The van der Waals surface area contributed by atoms with Crippen LogP contribution in [0.3, 0.4) is 0 Å². The van der Waals surface area contributed by atoms with Crippen LogP contribution in [0.4, 0.5) is 11.4 Å². The number of carbonyl (C=O) groups excluding carboxylic acids is 3. The Morgan fingerprint density at radius 2 is 1.68 bits per heavy atom. The third-order valence-electron chi connectivity index (χ3n) is 7.13. The van der Waals surface area contributed by atoms with Gasteiger partial charge in [0.05, 0.1) is 30.4 Å². The summed E-state index contributed by atoms with van der Waals surface area (Å²) < 4.78 is 5.45. The normalized spacial score (nSPS) is 20.8. The van der Waals surface area contributed by atoms with E-state index in [-0.39, 0.29) is 18.1 Å². The number of hydrogen-bond donors (Lipinski definition) is 0. The van der Waals surface area contributed by atoms with Gasteiger partial charge in [0.2, 0.25) is 5.91 Å². The van der Waals surface area contributed by atoms with Gasteiger partial charge in [0.1, 0.15) is 11.5 Å². The predicted molar refractivity (Wildman–Crippen MR) is 138 cm³/mol. The maximum atomic E-state index is 13.9. The van der Waals surface area contributed by atoms with Crippen molar-refractivity contribution in [2.75, 3.05) is 12.0 Å². The van der Waals surface area contributed by atoms with Crippen LogP contribution in [0.15, 0.2) is 83.9 Å². The minimum Gasteiger partial charge on any atom is -0.550 e. The summed E-state index contributed by atoms with van der Waals surface area (Å²) in [5, 5.41) is 11.2. The van der Waals surface area contributed by atoms with Crippen molar-refractivity contribution in [2.24, 2.45) is 10.9 Å². The van der Waals surface area contributed by atoms with Gasteiger partial charge in [-0.05, 0) is 54.2 Å². The number of fused-ring (bicyclic) bond motifs is 2. The van der Waals surface area contributed by atoms with Crippen molar-refractivity contribution in [3.63, 3.8) is 0 Å². The first kappa shape index (κ1) is 24.4. The largest absolute Gasteiger partial charge is 0.550 e. The van der Waals surface area contributed by atoms with E-state index in [1.807, 2.05) is 66.7 Å². The molecule has 3 atom stereocenters. The topological polar surface area (TPSA) is 99.1 Å². The van der Waals surface area contributed by atoms with Crippen LogP contribution in [0.25, 0.3) is 0 Å². The molecule has 0 radical (unpaired) electrons. The quantitative estimate of drug-likeness (QED) is 0.512. The van der Waals surface area contributed by atoms with E-state index < -0.39 is 30.3 Å². The second-order valence-electron chi connectivity index (χ2n) is 9.41. The Balaban J connectivity index is 1.67. The lowest BCUT2D eigenvalue weighted by Crippen LogP contribution is -2.45. The number of anilines is 1. The van der Waals surface area contributed by atoms with Crippen LogP contribution in [0.2, 0.25) is 0 Å². The third-order valence-corrected chi connectivity index (χ3v) is 7.13. The number of rotatable bonds is 6. The number of carboxylic acid groups (broad SMARTS) is 1. The number of amides is 1. The highest BCUT2D eigenvalue weighted by Crippen LogP contribution is 2.47. The molecule has 1 saturated carbocycles. The molecule has 7 nitrogen and oxygen atoms in total. The number of methoxy groups -OCH3 is 1. The summed E-state index contributed by atoms with van der Waals surface area (Å²) >= 11 is 0. The Kier molecular flexibility index (Phi) is 6.86. The summed E-state index contributed by atoms with van der Waals surface area (Å²) in [5.74, 6) is -1.79. The zero-order valence-electron chi connectivity index (χ0n) is 20.5. The maximum Gasteiger partial charge on any atom is 0.228 e. The summed E-state index contributed by atoms with van der Waals surface area (Å²) in [7, 11) is 1.56. The molecule has 5 rings (SSSR count). The molecule has 0 aromatic heterocycles. The van der Waals surface area contributed by atoms with Crippen molar-refractivity contribution in [1.29, 1.82) is 0 Å². The molecule has 188 valence electrons. The van der Waals surface area contributed by atoms with E-state index in [1.54, 1.807) is 24.1 Å². The molecule has 0 N–H and O–H groups in total. The number of para-hydroxylation sites is 2. The Morgan fingerprint density at radius 3 is 2.43 bits per heavy atom. The Labute approximate surface area is 215 Å². The highest BCUT2D eigenvalue weighted by atomic mass is 16.5. The van der Waals surface area contributed by atoms with Gasteiger partial charge in [0, 0.05) is 24.5 Å². The molecule has 0 bridgehead atoms. The number of benzene rings is 3. The first-order valence-electron chi connectivity index (χ1n) is 12.4. The monoisotopic (exact) mass is 495 g/mol. The lowest BCUT2D eigenvalue weighted by atomic mass is 9.72. The fourth-order valence-electron chi connectivity index (χ4n) is 5.44. The first-order valence-corrected chi connectivity index (χ1v) is 12.4. The molecular formula is C30H27N2O5-. The molecule has 2 aliphatic rings. The maximum absolute atomic E-state index is 13.9. The number of hydrogen-bond acceptors (Lipinski definition) is 6. The molecule has 3 aromatic rings. The molecule has 0 saturated heterocycles. The molecule has 1 amide bonds. The molecule has 1 aliphatic heterocycles. The summed E-state index contributed by atoms with van der Waals surface area (Å²) in [4.78, 5) is 45.3. The average Bonchev–Trinajstić information content (AvgIpc) is 3.07. The van der Waals surface area contributed by atoms with Crippen molar-refractivity contribution in [2.45, 2.75) is 37.6 Å². The number of aliphatic imine (C=N–C) groups is 1. The lowest BCUT2D eigenvalue weighted by Gasteiger charge is -2.39. The molecule has 1 aliphatic carbocycles. The highest BCUT2D eigenvalue weighted by molar-refractivity contribution is 6.13. The van der Waals surface area contributed by atoms with Crippen LogP contribution >= 0.6 is 0 Å². The minimum atomic E-state index is -1.30. The number of carbonyl (C=O) groups is 3. The third kappa shape index (κ3) is 4.89.